The Labute approximate surface area is 184 Å². The molecule has 0 saturated heterocycles. The monoisotopic (exact) mass is 449 g/mol. The molecule has 0 spiro atoms. The van der Waals surface area contributed by atoms with Crippen LogP contribution in [0, 0.1) is 0 Å². The van der Waals surface area contributed by atoms with Crippen LogP contribution in [-0.4, -0.2) is 59.3 Å². The standard InChI is InChI=1S/C21H31N5O4S/c1-3-30-15-5-12-23-21(25-16-18-7-9-19(29-2)10-8-18)24-13-14-26-31(27,28)20-6-4-11-22-17-20/h4,6-11,17,26H,3,5,12-16H2,1-2H3,(H2,23,24,25). The molecule has 1 aromatic heterocycles. The summed E-state index contributed by atoms with van der Waals surface area (Å²) < 4.78 is 37.6. The van der Waals surface area contributed by atoms with Gasteiger partial charge in [-0.3, -0.25) is 4.98 Å². The van der Waals surface area contributed by atoms with Gasteiger partial charge in [-0.2, -0.15) is 0 Å². The van der Waals surface area contributed by atoms with Crippen LogP contribution < -0.4 is 20.1 Å². The highest BCUT2D eigenvalue weighted by molar-refractivity contribution is 7.89. The molecule has 0 amide bonds. The van der Waals surface area contributed by atoms with E-state index in [0.717, 1.165) is 17.7 Å². The van der Waals surface area contributed by atoms with Crippen LogP contribution in [-0.2, 0) is 21.3 Å². The Balaban J connectivity index is 1.87. The second kappa shape index (κ2) is 13.6. The van der Waals surface area contributed by atoms with Gasteiger partial charge in [0.1, 0.15) is 10.6 Å². The normalized spacial score (nSPS) is 11.9. The fraction of sp³-hybridized carbons (Fsp3) is 0.429. The first-order valence-corrected chi connectivity index (χ1v) is 11.7. The molecule has 0 fully saturated rings. The molecule has 3 N–H and O–H groups in total. The molecule has 0 atom stereocenters. The smallest absolute Gasteiger partial charge is 0.242 e. The topological polar surface area (TPSA) is 114 Å². The van der Waals surface area contributed by atoms with Crippen LogP contribution in [0.2, 0.25) is 0 Å². The zero-order valence-electron chi connectivity index (χ0n) is 18.0. The summed E-state index contributed by atoms with van der Waals surface area (Å²) in [7, 11) is -1.96. The molecular formula is C21H31N5O4S. The molecule has 2 rings (SSSR count). The van der Waals surface area contributed by atoms with Crippen molar-refractivity contribution in [2.75, 3.05) is 40.0 Å². The average molecular weight is 450 g/mol. The molecule has 170 valence electrons. The molecule has 1 heterocycles. The van der Waals surface area contributed by atoms with Crippen molar-refractivity contribution in [2.45, 2.75) is 24.8 Å². The molecule has 1 aromatic carbocycles. The van der Waals surface area contributed by atoms with Crippen molar-refractivity contribution in [3.8, 4) is 5.75 Å². The zero-order valence-corrected chi connectivity index (χ0v) is 18.8. The number of aromatic nitrogens is 1. The quantitative estimate of drug-likeness (QED) is 0.241. The highest BCUT2D eigenvalue weighted by Gasteiger charge is 2.12. The minimum atomic E-state index is -3.59. The van der Waals surface area contributed by atoms with Gasteiger partial charge < -0.3 is 20.1 Å². The number of guanidine groups is 1. The van der Waals surface area contributed by atoms with Crippen LogP contribution in [0.25, 0.3) is 0 Å². The van der Waals surface area contributed by atoms with Crippen LogP contribution in [0.4, 0.5) is 0 Å². The van der Waals surface area contributed by atoms with Crippen LogP contribution in [0.5, 0.6) is 5.75 Å². The second-order valence-electron chi connectivity index (χ2n) is 6.50. The predicted molar refractivity (Wildman–Crippen MR) is 121 cm³/mol. The maximum absolute atomic E-state index is 12.3. The number of nitrogens with zero attached hydrogens (tertiary/aromatic N) is 2. The second-order valence-corrected chi connectivity index (χ2v) is 8.27. The minimum Gasteiger partial charge on any atom is -0.497 e. The molecule has 0 unspecified atom stereocenters. The van der Waals surface area contributed by atoms with Crippen molar-refractivity contribution >= 4 is 16.0 Å². The summed E-state index contributed by atoms with van der Waals surface area (Å²) >= 11 is 0. The van der Waals surface area contributed by atoms with Crippen molar-refractivity contribution < 1.29 is 17.9 Å². The molecule has 0 radical (unpaired) electrons. The third-order valence-electron chi connectivity index (χ3n) is 4.20. The molecule has 2 aromatic rings. The van der Waals surface area contributed by atoms with Gasteiger partial charge in [0.05, 0.1) is 13.7 Å². The highest BCUT2D eigenvalue weighted by atomic mass is 32.2. The van der Waals surface area contributed by atoms with Crippen molar-refractivity contribution in [1.82, 2.24) is 20.3 Å². The number of ether oxygens (including phenoxy) is 2. The summed E-state index contributed by atoms with van der Waals surface area (Å²) in [5, 5.41) is 6.41. The summed E-state index contributed by atoms with van der Waals surface area (Å²) in [6.45, 7) is 5.07. The van der Waals surface area contributed by atoms with Gasteiger partial charge in [-0.1, -0.05) is 12.1 Å². The number of pyridine rings is 1. The molecule has 0 bridgehead atoms. The van der Waals surface area contributed by atoms with Gasteiger partial charge in [-0.25, -0.2) is 18.1 Å². The first kappa shape index (κ1) is 24.6. The van der Waals surface area contributed by atoms with Crippen LogP contribution in [0.1, 0.15) is 18.9 Å². The van der Waals surface area contributed by atoms with Gasteiger partial charge in [0, 0.05) is 45.2 Å². The lowest BCUT2D eigenvalue weighted by molar-refractivity contribution is 0.145. The Morgan fingerprint density at radius 3 is 2.55 bits per heavy atom. The third-order valence-corrected chi connectivity index (χ3v) is 5.64. The van der Waals surface area contributed by atoms with E-state index in [1.54, 1.807) is 13.2 Å². The molecule has 10 heteroatoms. The number of hydrogen-bond acceptors (Lipinski definition) is 6. The first-order chi connectivity index (χ1) is 15.0. The number of aliphatic imine (C=N–C) groups is 1. The summed E-state index contributed by atoms with van der Waals surface area (Å²) in [5.74, 6) is 1.40. The molecule has 0 aliphatic carbocycles. The largest absolute Gasteiger partial charge is 0.497 e. The van der Waals surface area contributed by atoms with E-state index in [1.807, 2.05) is 31.2 Å². The van der Waals surface area contributed by atoms with E-state index in [1.165, 1.54) is 18.5 Å². The minimum absolute atomic E-state index is 0.137. The SMILES string of the molecule is CCOCCCNC(=NCc1ccc(OC)cc1)NCCNS(=O)(=O)c1cccnc1. The van der Waals surface area contributed by atoms with Gasteiger partial charge in [0.15, 0.2) is 5.96 Å². The van der Waals surface area contributed by atoms with Crippen molar-refractivity contribution in [1.29, 1.82) is 0 Å². The van der Waals surface area contributed by atoms with E-state index < -0.39 is 10.0 Å². The van der Waals surface area contributed by atoms with Gasteiger partial charge in [-0.05, 0) is 43.2 Å². The van der Waals surface area contributed by atoms with E-state index in [4.69, 9.17) is 9.47 Å². The Morgan fingerprint density at radius 1 is 1.10 bits per heavy atom. The Morgan fingerprint density at radius 2 is 1.87 bits per heavy atom. The average Bonchev–Trinajstić information content (AvgIpc) is 2.80. The summed E-state index contributed by atoms with van der Waals surface area (Å²) in [6.07, 6.45) is 3.69. The summed E-state index contributed by atoms with van der Waals surface area (Å²) in [5.41, 5.74) is 1.04. The number of benzene rings is 1. The predicted octanol–water partition coefficient (Wildman–Crippen LogP) is 1.53. The number of nitrogens with one attached hydrogen (secondary N) is 3. The van der Waals surface area contributed by atoms with Crippen LogP contribution in [0.15, 0.2) is 58.7 Å². The number of methoxy groups -OCH3 is 1. The highest BCUT2D eigenvalue weighted by Crippen LogP contribution is 2.11. The number of hydrogen-bond donors (Lipinski definition) is 3. The Bertz CT molecular complexity index is 890. The fourth-order valence-corrected chi connectivity index (χ4v) is 3.55. The van der Waals surface area contributed by atoms with Crippen LogP contribution >= 0.6 is 0 Å². The Hall–Kier alpha value is -2.69. The van der Waals surface area contributed by atoms with Gasteiger partial charge in [0.25, 0.3) is 0 Å². The molecule has 0 saturated carbocycles. The van der Waals surface area contributed by atoms with E-state index in [2.05, 4.69) is 25.3 Å². The van der Waals surface area contributed by atoms with Crippen molar-refractivity contribution in [2.24, 2.45) is 4.99 Å². The van der Waals surface area contributed by atoms with Gasteiger partial charge in [-0.15, -0.1) is 0 Å². The zero-order chi connectivity index (χ0) is 22.4. The van der Waals surface area contributed by atoms with Gasteiger partial charge in [0.2, 0.25) is 10.0 Å². The molecule has 31 heavy (non-hydrogen) atoms. The molecule has 9 nitrogen and oxygen atoms in total. The number of rotatable bonds is 13. The molecule has 0 aliphatic heterocycles. The lowest BCUT2D eigenvalue weighted by atomic mass is 10.2. The maximum Gasteiger partial charge on any atom is 0.242 e. The summed E-state index contributed by atoms with van der Waals surface area (Å²) in [4.78, 5) is 8.57. The van der Waals surface area contributed by atoms with E-state index in [9.17, 15) is 8.42 Å². The fourth-order valence-electron chi connectivity index (χ4n) is 2.56. The van der Waals surface area contributed by atoms with E-state index >= 15 is 0 Å². The van der Waals surface area contributed by atoms with Crippen molar-refractivity contribution in [3.05, 3.63) is 54.4 Å². The van der Waals surface area contributed by atoms with E-state index in [0.29, 0.717) is 38.8 Å². The van der Waals surface area contributed by atoms with Crippen molar-refractivity contribution in [3.63, 3.8) is 0 Å². The van der Waals surface area contributed by atoms with Gasteiger partial charge >= 0.3 is 0 Å². The third kappa shape index (κ3) is 9.33. The lowest BCUT2D eigenvalue weighted by Crippen LogP contribution is -2.42. The molecular weight excluding hydrogens is 418 g/mol. The lowest BCUT2D eigenvalue weighted by Gasteiger charge is -2.13. The molecule has 0 aliphatic rings. The summed E-state index contributed by atoms with van der Waals surface area (Å²) in [6, 6.07) is 10.8. The maximum atomic E-state index is 12.3. The number of sulfonamides is 1. The first-order valence-electron chi connectivity index (χ1n) is 10.2. The van der Waals surface area contributed by atoms with E-state index in [-0.39, 0.29) is 11.4 Å². The van der Waals surface area contributed by atoms with Crippen LogP contribution in [0.3, 0.4) is 0 Å². The Kier molecular flexibility index (Phi) is 10.8.